The van der Waals surface area contributed by atoms with Gasteiger partial charge in [-0.25, -0.2) is 0 Å². The number of anilines is 1. The first-order valence-corrected chi connectivity index (χ1v) is 11.2. The van der Waals surface area contributed by atoms with Crippen molar-refractivity contribution in [3.8, 4) is 11.5 Å². The van der Waals surface area contributed by atoms with Crippen molar-refractivity contribution in [2.45, 2.75) is 38.0 Å². The molecule has 1 N–H and O–H groups in total. The number of ether oxygens (including phenoxy) is 3. The van der Waals surface area contributed by atoms with Gasteiger partial charge < -0.3 is 24.4 Å². The summed E-state index contributed by atoms with van der Waals surface area (Å²) in [6.45, 7) is 5.40. The molecule has 1 saturated heterocycles. The molecule has 0 atom stereocenters. The van der Waals surface area contributed by atoms with Gasteiger partial charge in [0.2, 0.25) is 6.79 Å². The van der Waals surface area contributed by atoms with Crippen LogP contribution in [0.3, 0.4) is 0 Å². The lowest BCUT2D eigenvalue weighted by Crippen LogP contribution is -2.44. The molecule has 2 heterocycles. The molecule has 2 aromatic carbocycles. The molecule has 0 radical (unpaired) electrons. The van der Waals surface area contributed by atoms with E-state index in [0.29, 0.717) is 25.3 Å². The van der Waals surface area contributed by atoms with Crippen LogP contribution in [-0.4, -0.2) is 46.1 Å². The molecule has 0 unspecified atom stereocenters. The molecule has 4 rings (SSSR count). The van der Waals surface area contributed by atoms with Crippen molar-refractivity contribution in [3.63, 3.8) is 0 Å². The summed E-state index contributed by atoms with van der Waals surface area (Å²) in [6.07, 6.45) is 4.04. The molecular weight excluding hydrogens is 392 g/mol. The van der Waals surface area contributed by atoms with E-state index in [1.165, 1.54) is 6.42 Å². The van der Waals surface area contributed by atoms with E-state index in [1.807, 2.05) is 30.3 Å². The average molecular weight is 425 g/mol. The number of benzene rings is 2. The van der Waals surface area contributed by atoms with Gasteiger partial charge in [0.1, 0.15) is 0 Å². The quantitative estimate of drug-likeness (QED) is 0.691. The summed E-state index contributed by atoms with van der Waals surface area (Å²) in [5.41, 5.74) is 2.80. The Kier molecular flexibility index (Phi) is 6.66. The second-order valence-electron chi connectivity index (χ2n) is 8.47. The predicted molar refractivity (Wildman–Crippen MR) is 121 cm³/mol. The molecule has 1 fully saturated rings. The van der Waals surface area contributed by atoms with Gasteiger partial charge in [-0.2, -0.15) is 0 Å². The minimum atomic E-state index is -0.171. The normalized spacial score (nSPS) is 16.7. The highest BCUT2D eigenvalue weighted by Crippen LogP contribution is 2.40. The maximum absolute atomic E-state index is 12.9. The topological polar surface area (TPSA) is 60.0 Å². The molecule has 0 aliphatic carbocycles. The summed E-state index contributed by atoms with van der Waals surface area (Å²) in [4.78, 5) is 15.1. The number of nitrogens with zero attached hydrogens (tertiary/aromatic N) is 1. The number of amides is 1. The van der Waals surface area contributed by atoms with E-state index >= 15 is 0 Å². The Morgan fingerprint density at radius 3 is 2.55 bits per heavy atom. The van der Waals surface area contributed by atoms with Crippen LogP contribution in [0.25, 0.3) is 0 Å². The van der Waals surface area contributed by atoms with Crippen LogP contribution in [0.1, 0.15) is 48.5 Å². The third-order valence-electron chi connectivity index (χ3n) is 6.44. The Hall–Kier alpha value is -2.73. The van der Waals surface area contributed by atoms with Gasteiger partial charge in [-0.15, -0.1) is 0 Å². The molecule has 6 nitrogen and oxygen atoms in total. The number of carbonyl (C=O) groups is 1. The number of rotatable bonds is 8. The van der Waals surface area contributed by atoms with Crippen LogP contribution in [0, 0.1) is 0 Å². The van der Waals surface area contributed by atoms with E-state index in [2.05, 4.69) is 36.3 Å². The molecule has 6 heteroatoms. The second-order valence-corrected chi connectivity index (χ2v) is 8.47. The Bertz CT molecular complexity index is 891. The van der Waals surface area contributed by atoms with E-state index in [4.69, 9.17) is 14.2 Å². The fraction of sp³-hybridized carbons (Fsp3) is 0.480. The predicted octanol–water partition coefficient (Wildman–Crippen LogP) is 4.13. The van der Waals surface area contributed by atoms with Gasteiger partial charge in [0.25, 0.3) is 5.91 Å². The van der Waals surface area contributed by atoms with Crippen molar-refractivity contribution < 1.29 is 19.0 Å². The highest BCUT2D eigenvalue weighted by molar-refractivity contribution is 5.94. The van der Waals surface area contributed by atoms with Crippen molar-refractivity contribution >= 4 is 11.6 Å². The van der Waals surface area contributed by atoms with E-state index < -0.39 is 0 Å². The van der Waals surface area contributed by atoms with Crippen LogP contribution in [0.4, 0.5) is 5.69 Å². The summed E-state index contributed by atoms with van der Waals surface area (Å²) >= 11 is 0. The van der Waals surface area contributed by atoms with E-state index in [0.717, 1.165) is 48.6 Å². The highest BCUT2D eigenvalue weighted by Gasteiger charge is 2.36. The average Bonchev–Trinajstić information content (AvgIpc) is 3.30. The van der Waals surface area contributed by atoms with Crippen LogP contribution in [0.15, 0.2) is 42.5 Å². The number of fused-ring (bicyclic) bond motifs is 1. The lowest BCUT2D eigenvalue weighted by Gasteiger charge is -2.38. The lowest BCUT2D eigenvalue weighted by atomic mass is 9.74. The van der Waals surface area contributed by atoms with Crippen LogP contribution >= 0.6 is 0 Å². The van der Waals surface area contributed by atoms with Crippen molar-refractivity contribution in [2.24, 2.45) is 0 Å². The number of carbonyl (C=O) groups excluding carboxylic acids is 1. The lowest BCUT2D eigenvalue weighted by molar-refractivity contribution is 0.0486. The number of nitrogens with one attached hydrogen (secondary N) is 1. The van der Waals surface area contributed by atoms with E-state index in [-0.39, 0.29) is 18.1 Å². The van der Waals surface area contributed by atoms with E-state index in [9.17, 15) is 4.79 Å². The van der Waals surface area contributed by atoms with Crippen LogP contribution in [0.5, 0.6) is 11.5 Å². The zero-order valence-electron chi connectivity index (χ0n) is 18.5. The fourth-order valence-corrected chi connectivity index (χ4v) is 4.30. The van der Waals surface area contributed by atoms with Crippen LogP contribution in [-0.2, 0) is 10.2 Å². The maximum Gasteiger partial charge on any atom is 0.251 e. The van der Waals surface area contributed by atoms with Crippen molar-refractivity contribution in [1.29, 1.82) is 0 Å². The number of hydrogen-bond acceptors (Lipinski definition) is 5. The maximum atomic E-state index is 12.9. The highest BCUT2D eigenvalue weighted by atomic mass is 16.7. The van der Waals surface area contributed by atoms with Gasteiger partial charge in [-0.05, 0) is 61.2 Å². The zero-order chi connectivity index (χ0) is 21.7. The van der Waals surface area contributed by atoms with E-state index in [1.54, 1.807) is 0 Å². The van der Waals surface area contributed by atoms with Crippen LogP contribution in [0.2, 0.25) is 0 Å². The number of hydrogen-bond donors (Lipinski definition) is 1. The molecule has 0 aromatic heterocycles. The molecule has 2 aliphatic heterocycles. The molecule has 31 heavy (non-hydrogen) atoms. The molecule has 2 aliphatic rings. The molecule has 0 spiro atoms. The third-order valence-corrected chi connectivity index (χ3v) is 6.44. The van der Waals surface area contributed by atoms with Gasteiger partial charge in [-0.3, -0.25) is 4.79 Å². The summed E-state index contributed by atoms with van der Waals surface area (Å²) in [7, 11) is 2.09. The monoisotopic (exact) mass is 424 g/mol. The van der Waals surface area contributed by atoms with Gasteiger partial charge in [0, 0.05) is 50.0 Å². The molecule has 2 aromatic rings. The Labute approximate surface area is 184 Å². The van der Waals surface area contributed by atoms with Crippen molar-refractivity contribution in [1.82, 2.24) is 5.32 Å². The molecule has 0 bridgehead atoms. The third kappa shape index (κ3) is 4.79. The summed E-state index contributed by atoms with van der Waals surface area (Å²) in [6, 6.07) is 14.0. The fourth-order valence-electron chi connectivity index (χ4n) is 4.30. The molecule has 0 saturated carbocycles. The second kappa shape index (κ2) is 9.60. The first-order chi connectivity index (χ1) is 15.1. The first-order valence-electron chi connectivity index (χ1n) is 11.2. The Morgan fingerprint density at radius 2 is 1.81 bits per heavy atom. The van der Waals surface area contributed by atoms with Gasteiger partial charge in [0.05, 0.1) is 0 Å². The summed E-state index contributed by atoms with van der Waals surface area (Å²) in [5.74, 6) is 1.51. The zero-order valence-corrected chi connectivity index (χ0v) is 18.5. The molecule has 166 valence electrons. The Morgan fingerprint density at radius 1 is 1.06 bits per heavy atom. The standard InChI is InChI=1S/C25H32N2O4/c1-3-4-13-27(2)21-8-5-19(6-9-21)24(28)26-17-25(11-14-29-15-12-25)20-7-10-22-23(16-20)31-18-30-22/h5-10,16H,3-4,11-15,17-18H2,1-2H3,(H,26,28). The summed E-state index contributed by atoms with van der Waals surface area (Å²) < 4.78 is 16.7. The van der Waals surface area contributed by atoms with Gasteiger partial charge >= 0.3 is 0 Å². The number of unbranched alkanes of at least 4 members (excludes halogenated alkanes) is 1. The minimum absolute atomic E-state index is 0.0469. The smallest absolute Gasteiger partial charge is 0.251 e. The van der Waals surface area contributed by atoms with Crippen LogP contribution < -0.4 is 19.7 Å². The molecular formula is C25H32N2O4. The first kappa shape index (κ1) is 21.5. The summed E-state index contributed by atoms with van der Waals surface area (Å²) in [5, 5.41) is 3.18. The van der Waals surface area contributed by atoms with Crippen molar-refractivity contribution in [2.75, 3.05) is 45.0 Å². The van der Waals surface area contributed by atoms with Gasteiger partial charge in [0.15, 0.2) is 11.5 Å². The SMILES string of the molecule is CCCCN(C)c1ccc(C(=O)NCC2(c3ccc4c(c3)OCO4)CCOCC2)cc1. The largest absolute Gasteiger partial charge is 0.454 e. The minimum Gasteiger partial charge on any atom is -0.454 e. The molecule has 1 amide bonds. The Balaban J connectivity index is 1.44. The van der Waals surface area contributed by atoms with Gasteiger partial charge in [-0.1, -0.05) is 19.4 Å². The van der Waals surface area contributed by atoms with Crippen molar-refractivity contribution in [3.05, 3.63) is 53.6 Å².